The number of amides is 1. The second-order valence-electron chi connectivity index (χ2n) is 10.5. The maximum absolute atomic E-state index is 13.9. The number of carbonyl (C=O) groups is 5. The monoisotopic (exact) mass is 617 g/mol. The first-order valence-electron chi connectivity index (χ1n) is 14.5. The van der Waals surface area contributed by atoms with Gasteiger partial charge in [0.05, 0.1) is 11.6 Å². The Morgan fingerprint density at radius 2 is 1.33 bits per heavy atom. The van der Waals surface area contributed by atoms with E-state index in [0.717, 1.165) is 18.1 Å². The van der Waals surface area contributed by atoms with Crippen molar-refractivity contribution in [3.05, 3.63) is 108 Å². The molecule has 1 aliphatic rings. The SMILES string of the molecule is CC(=O)OC1O[C@H](COC(=O)c2ccccc2)[C@H](CC(=O)[C@H](Cc2ccccc2)NC(=O)OCc2ccccc2)C1OC(C)=O. The number of rotatable bonds is 13. The van der Waals surface area contributed by atoms with Crippen LogP contribution in [0.3, 0.4) is 0 Å². The van der Waals surface area contributed by atoms with Gasteiger partial charge in [-0.15, -0.1) is 0 Å². The van der Waals surface area contributed by atoms with Gasteiger partial charge in [-0.3, -0.25) is 14.4 Å². The molecule has 0 aromatic heterocycles. The predicted molar refractivity (Wildman–Crippen MR) is 160 cm³/mol. The van der Waals surface area contributed by atoms with Crippen molar-refractivity contribution < 1.29 is 47.7 Å². The molecule has 0 saturated carbocycles. The lowest BCUT2D eigenvalue weighted by Gasteiger charge is -2.25. The molecule has 236 valence electrons. The topological polar surface area (TPSA) is 144 Å². The average Bonchev–Trinajstić information content (AvgIpc) is 3.33. The van der Waals surface area contributed by atoms with E-state index in [9.17, 15) is 24.0 Å². The van der Waals surface area contributed by atoms with E-state index in [1.54, 1.807) is 42.5 Å². The van der Waals surface area contributed by atoms with E-state index in [1.807, 2.05) is 48.5 Å². The summed E-state index contributed by atoms with van der Waals surface area (Å²) in [5.41, 5.74) is 1.86. The average molecular weight is 618 g/mol. The van der Waals surface area contributed by atoms with Crippen LogP contribution in [0.25, 0.3) is 0 Å². The molecule has 1 amide bonds. The minimum atomic E-state index is -1.35. The largest absolute Gasteiger partial charge is 0.459 e. The number of nitrogens with one attached hydrogen (secondary N) is 1. The van der Waals surface area contributed by atoms with E-state index >= 15 is 0 Å². The van der Waals surface area contributed by atoms with Gasteiger partial charge in [0.1, 0.15) is 19.3 Å². The Hall–Kier alpha value is -5.03. The number of benzene rings is 3. The van der Waals surface area contributed by atoms with E-state index in [-0.39, 0.29) is 26.1 Å². The number of Topliss-reactive ketones (excluding diaryl/α,β-unsaturated/α-hetero) is 1. The third-order valence-electron chi connectivity index (χ3n) is 7.06. The lowest BCUT2D eigenvalue weighted by Crippen LogP contribution is -2.45. The van der Waals surface area contributed by atoms with Crippen molar-refractivity contribution in [3.63, 3.8) is 0 Å². The molecule has 11 nitrogen and oxygen atoms in total. The van der Waals surface area contributed by atoms with Crippen molar-refractivity contribution in [2.75, 3.05) is 6.61 Å². The van der Waals surface area contributed by atoms with Crippen molar-refractivity contribution in [3.8, 4) is 0 Å². The van der Waals surface area contributed by atoms with Gasteiger partial charge >= 0.3 is 24.0 Å². The third kappa shape index (κ3) is 10.0. The first-order chi connectivity index (χ1) is 21.7. The summed E-state index contributed by atoms with van der Waals surface area (Å²) in [6.45, 7) is 2.02. The molecule has 1 heterocycles. The Labute approximate surface area is 260 Å². The van der Waals surface area contributed by atoms with Crippen LogP contribution in [-0.2, 0) is 51.1 Å². The molecule has 2 unspecified atom stereocenters. The summed E-state index contributed by atoms with van der Waals surface area (Å²) in [6.07, 6.45) is -4.44. The second-order valence-corrected chi connectivity index (χ2v) is 10.5. The van der Waals surface area contributed by atoms with Crippen LogP contribution in [-0.4, -0.2) is 60.9 Å². The molecule has 3 aromatic carbocycles. The maximum Gasteiger partial charge on any atom is 0.408 e. The van der Waals surface area contributed by atoms with Crippen LogP contribution < -0.4 is 5.32 Å². The van der Waals surface area contributed by atoms with Gasteiger partial charge in [-0.1, -0.05) is 78.9 Å². The first kappa shape index (κ1) is 32.9. The normalized spacial score (nSPS) is 19.5. The van der Waals surface area contributed by atoms with Gasteiger partial charge in [-0.05, 0) is 29.7 Å². The van der Waals surface area contributed by atoms with Gasteiger partial charge in [0.25, 0.3) is 0 Å². The van der Waals surface area contributed by atoms with Crippen molar-refractivity contribution in [2.45, 2.75) is 57.8 Å². The zero-order valence-electron chi connectivity index (χ0n) is 25.0. The molecule has 3 aromatic rings. The smallest absolute Gasteiger partial charge is 0.408 e. The maximum atomic E-state index is 13.9. The molecule has 4 rings (SSSR count). The Morgan fingerprint density at radius 3 is 1.93 bits per heavy atom. The molecule has 1 saturated heterocycles. The Morgan fingerprint density at radius 1 is 0.756 bits per heavy atom. The Balaban J connectivity index is 1.54. The number of hydrogen-bond acceptors (Lipinski definition) is 10. The molecule has 1 fully saturated rings. The number of ether oxygens (including phenoxy) is 5. The second kappa shape index (κ2) is 16.2. The van der Waals surface area contributed by atoms with Crippen molar-refractivity contribution in [1.29, 1.82) is 0 Å². The lowest BCUT2D eigenvalue weighted by atomic mass is 9.89. The predicted octanol–water partition coefficient (Wildman–Crippen LogP) is 4.18. The first-order valence-corrected chi connectivity index (χ1v) is 14.5. The highest BCUT2D eigenvalue weighted by Crippen LogP contribution is 2.34. The van der Waals surface area contributed by atoms with Gasteiger partial charge in [0.2, 0.25) is 6.29 Å². The van der Waals surface area contributed by atoms with Gasteiger partial charge in [-0.25, -0.2) is 9.59 Å². The van der Waals surface area contributed by atoms with E-state index in [1.165, 1.54) is 6.92 Å². The molecule has 0 aliphatic carbocycles. The van der Waals surface area contributed by atoms with E-state index in [4.69, 9.17) is 23.7 Å². The van der Waals surface area contributed by atoms with E-state index < -0.39 is 60.2 Å². The van der Waals surface area contributed by atoms with E-state index in [2.05, 4.69) is 5.32 Å². The molecule has 5 atom stereocenters. The zero-order chi connectivity index (χ0) is 32.2. The summed E-state index contributed by atoms with van der Waals surface area (Å²) in [4.78, 5) is 63.3. The molecule has 0 spiro atoms. The highest BCUT2D eigenvalue weighted by Gasteiger charge is 2.50. The van der Waals surface area contributed by atoms with E-state index in [0.29, 0.717) is 5.56 Å². The van der Waals surface area contributed by atoms with Crippen LogP contribution in [0.1, 0.15) is 41.8 Å². The van der Waals surface area contributed by atoms with Gasteiger partial charge in [0.15, 0.2) is 11.9 Å². The van der Waals surface area contributed by atoms with Gasteiger partial charge in [0, 0.05) is 26.2 Å². The zero-order valence-corrected chi connectivity index (χ0v) is 25.0. The Bertz CT molecular complexity index is 1450. The summed E-state index contributed by atoms with van der Waals surface area (Å²) in [6, 6.07) is 25.4. The van der Waals surface area contributed by atoms with Crippen LogP contribution >= 0.6 is 0 Å². The Kier molecular flexibility index (Phi) is 11.8. The summed E-state index contributed by atoms with van der Waals surface area (Å²) in [5.74, 6) is -3.34. The van der Waals surface area contributed by atoms with Crippen molar-refractivity contribution in [1.82, 2.24) is 5.32 Å². The van der Waals surface area contributed by atoms with Crippen LogP contribution in [0.5, 0.6) is 0 Å². The molecule has 0 bridgehead atoms. The number of hydrogen-bond donors (Lipinski definition) is 1. The van der Waals surface area contributed by atoms with Crippen LogP contribution in [0.15, 0.2) is 91.0 Å². The molecule has 1 N–H and O–H groups in total. The molecule has 0 radical (unpaired) electrons. The van der Waals surface area contributed by atoms with Crippen LogP contribution in [0.2, 0.25) is 0 Å². The molecule has 45 heavy (non-hydrogen) atoms. The summed E-state index contributed by atoms with van der Waals surface area (Å²) >= 11 is 0. The summed E-state index contributed by atoms with van der Waals surface area (Å²) in [5, 5.41) is 2.67. The third-order valence-corrected chi connectivity index (χ3v) is 7.06. The van der Waals surface area contributed by atoms with Gasteiger partial charge in [-0.2, -0.15) is 0 Å². The molecular weight excluding hydrogens is 582 g/mol. The molecular formula is C34H35NO10. The number of ketones is 1. The van der Waals surface area contributed by atoms with Crippen LogP contribution in [0, 0.1) is 5.92 Å². The minimum absolute atomic E-state index is 0.00281. The number of esters is 3. The summed E-state index contributed by atoms with van der Waals surface area (Å²) in [7, 11) is 0. The molecule has 11 heteroatoms. The lowest BCUT2D eigenvalue weighted by molar-refractivity contribution is -0.195. The highest BCUT2D eigenvalue weighted by molar-refractivity contribution is 5.89. The number of carbonyl (C=O) groups excluding carboxylic acids is 5. The fraction of sp³-hybridized carbons (Fsp3) is 0.324. The fourth-order valence-electron chi connectivity index (χ4n) is 4.96. The fourth-order valence-corrected chi connectivity index (χ4v) is 4.96. The quantitative estimate of drug-likeness (QED) is 0.219. The standard InChI is InChI=1S/C34H35NO10/c1-22(36)43-31-27(30(45-33(31)44-23(2)37)21-41-32(39)26-16-10-5-11-17-26)19-29(38)28(18-24-12-6-3-7-13-24)35-34(40)42-20-25-14-8-4-9-15-25/h3-17,27-28,30-31,33H,18-21H2,1-2H3,(H,35,40)/t27-,28-,30+,31?,33?/m0/s1. The van der Waals surface area contributed by atoms with Crippen molar-refractivity contribution >= 4 is 29.8 Å². The highest BCUT2D eigenvalue weighted by atomic mass is 16.7. The number of alkyl carbamates (subject to hydrolysis) is 1. The minimum Gasteiger partial charge on any atom is -0.459 e. The molecule has 1 aliphatic heterocycles. The summed E-state index contributed by atoms with van der Waals surface area (Å²) < 4.78 is 27.5. The van der Waals surface area contributed by atoms with Crippen molar-refractivity contribution in [2.24, 2.45) is 5.92 Å². The van der Waals surface area contributed by atoms with Crippen LogP contribution in [0.4, 0.5) is 4.79 Å². The van der Waals surface area contributed by atoms with Gasteiger partial charge < -0.3 is 29.0 Å².